The topological polar surface area (TPSA) is 114 Å². The number of esters is 1. The van der Waals surface area contributed by atoms with Crippen LogP contribution in [0.2, 0.25) is 0 Å². The molecule has 0 bridgehead atoms. The van der Waals surface area contributed by atoms with Gasteiger partial charge >= 0.3 is 5.97 Å². The van der Waals surface area contributed by atoms with Gasteiger partial charge in [-0.05, 0) is 96.0 Å². The van der Waals surface area contributed by atoms with Crippen molar-refractivity contribution in [3.05, 3.63) is 60.8 Å². The smallest absolute Gasteiger partial charge is 0.306 e. The molecule has 0 saturated carbocycles. The second-order valence-corrected chi connectivity index (χ2v) is 29.6. The van der Waals surface area contributed by atoms with E-state index in [1.54, 1.807) is 0 Å². The Labute approximate surface area is 566 Å². The summed E-state index contributed by atoms with van der Waals surface area (Å²) in [5, 5.41) is 3.06. The number of phosphoric ester groups is 1. The van der Waals surface area contributed by atoms with E-state index in [9.17, 15) is 19.0 Å². The number of amides is 1. The Kier molecular flexibility index (Phi) is 68.7. The van der Waals surface area contributed by atoms with Crippen LogP contribution in [0.5, 0.6) is 0 Å². The molecule has 91 heavy (non-hydrogen) atoms. The number of carbonyl (C=O) groups excluding carboxylic acids is 2. The van der Waals surface area contributed by atoms with Gasteiger partial charge in [0.05, 0.1) is 33.8 Å². The first-order valence-electron chi connectivity index (χ1n) is 39.6. The molecule has 0 heterocycles. The number of unbranched alkanes of at least 4 members (excludes halogenated alkanes) is 49. The van der Waals surface area contributed by atoms with Crippen LogP contribution < -0.4 is 10.2 Å². The van der Waals surface area contributed by atoms with Crippen molar-refractivity contribution >= 4 is 19.7 Å². The Morgan fingerprint density at radius 2 is 0.670 bits per heavy atom. The monoisotopic (exact) mass is 1300 g/mol. The molecule has 0 aromatic rings. The maximum Gasteiger partial charge on any atom is 0.306 e. The number of quaternary nitrogens is 1. The number of ether oxygens (including phenoxy) is 1. The average Bonchev–Trinajstić information content (AvgIpc) is 3.45. The predicted octanol–water partition coefficient (Wildman–Crippen LogP) is 25.1. The van der Waals surface area contributed by atoms with E-state index in [4.69, 9.17) is 13.8 Å². The number of hydrogen-bond acceptors (Lipinski definition) is 7. The van der Waals surface area contributed by atoms with Crippen molar-refractivity contribution in [3.8, 4) is 0 Å². The molecule has 10 heteroatoms. The molecule has 0 spiro atoms. The third-order valence-corrected chi connectivity index (χ3v) is 18.9. The zero-order valence-electron chi connectivity index (χ0n) is 61.3. The van der Waals surface area contributed by atoms with Crippen molar-refractivity contribution in [3.63, 3.8) is 0 Å². The van der Waals surface area contributed by atoms with Gasteiger partial charge in [-0.1, -0.05) is 345 Å². The molecule has 0 fully saturated rings. The highest BCUT2D eigenvalue weighted by Crippen LogP contribution is 2.38. The Hall–Kier alpha value is -2.29. The first kappa shape index (κ1) is 88.7. The number of nitrogens with one attached hydrogen (secondary N) is 1. The second kappa shape index (κ2) is 70.5. The van der Waals surface area contributed by atoms with Crippen molar-refractivity contribution < 1.29 is 37.3 Å². The van der Waals surface area contributed by atoms with Gasteiger partial charge in [0.15, 0.2) is 0 Å². The van der Waals surface area contributed by atoms with Crippen molar-refractivity contribution in [1.82, 2.24) is 5.32 Å². The maximum absolute atomic E-state index is 13.7. The van der Waals surface area contributed by atoms with Crippen LogP contribution in [0.3, 0.4) is 0 Å². The molecule has 3 unspecified atom stereocenters. The number of phosphoric acid groups is 1. The SMILES string of the molecule is CCCCC/C=C\C/C=C\CCCCCCCCCCCCCCCCCCCC(=O)NC(COP(=O)([O-])OCC[N+](C)(C)C)C(/C=C/CCCCCCCCCCCCC)OC(=O)CCCCCCCCCCCCCCCCC/C=C\C/C=C\CCCCC. The molecular formula is C81H153N2O7P. The molecule has 0 rings (SSSR count). The Balaban J connectivity index is 4.94. The van der Waals surface area contributed by atoms with E-state index in [0.29, 0.717) is 17.4 Å². The molecule has 1 amide bonds. The molecule has 0 aliphatic rings. The summed E-state index contributed by atoms with van der Waals surface area (Å²) in [5.74, 6) is -0.521. The third-order valence-electron chi connectivity index (χ3n) is 17.9. The first-order chi connectivity index (χ1) is 44.4. The molecule has 9 nitrogen and oxygen atoms in total. The third kappa shape index (κ3) is 71.8. The summed E-state index contributed by atoms with van der Waals surface area (Å²) in [7, 11) is 1.20. The molecule has 0 aliphatic heterocycles. The van der Waals surface area contributed by atoms with E-state index in [2.05, 4.69) is 74.7 Å². The van der Waals surface area contributed by atoms with Crippen LogP contribution in [0.1, 0.15) is 393 Å². The zero-order chi connectivity index (χ0) is 66.3. The summed E-state index contributed by atoms with van der Waals surface area (Å²) in [4.78, 5) is 40.3. The highest BCUT2D eigenvalue weighted by atomic mass is 31.2. The quantitative estimate of drug-likeness (QED) is 0.0212. The van der Waals surface area contributed by atoms with E-state index < -0.39 is 20.0 Å². The normalized spacial score (nSPS) is 13.7. The van der Waals surface area contributed by atoms with Crippen molar-refractivity contribution in [2.24, 2.45) is 0 Å². The molecule has 0 aliphatic carbocycles. The Morgan fingerprint density at radius 1 is 0.385 bits per heavy atom. The van der Waals surface area contributed by atoms with Crippen molar-refractivity contribution in [2.45, 2.75) is 405 Å². The fourth-order valence-corrected chi connectivity index (χ4v) is 12.5. The number of carbonyl (C=O) groups is 2. The van der Waals surface area contributed by atoms with E-state index >= 15 is 0 Å². The Morgan fingerprint density at radius 3 is 1.01 bits per heavy atom. The van der Waals surface area contributed by atoms with E-state index in [1.807, 2.05) is 33.3 Å². The lowest BCUT2D eigenvalue weighted by Gasteiger charge is -2.30. The fourth-order valence-electron chi connectivity index (χ4n) is 11.8. The minimum Gasteiger partial charge on any atom is -0.756 e. The van der Waals surface area contributed by atoms with Gasteiger partial charge in [0.25, 0.3) is 7.82 Å². The number of rotatable bonds is 73. The molecule has 0 saturated heterocycles. The lowest BCUT2D eigenvalue weighted by Crippen LogP contribution is -2.47. The molecule has 3 atom stereocenters. The number of likely N-dealkylation sites (N-methyl/N-ethyl adjacent to an activating group) is 1. The lowest BCUT2D eigenvalue weighted by molar-refractivity contribution is -0.870. The number of nitrogens with zero attached hydrogens (tertiary/aromatic N) is 1. The van der Waals surface area contributed by atoms with E-state index in [-0.39, 0.29) is 31.5 Å². The molecule has 0 aromatic heterocycles. The van der Waals surface area contributed by atoms with Gasteiger partial charge in [-0.3, -0.25) is 14.2 Å². The predicted molar refractivity (Wildman–Crippen MR) is 395 cm³/mol. The number of allylic oxidation sites excluding steroid dienone is 9. The van der Waals surface area contributed by atoms with Crippen molar-refractivity contribution in [1.29, 1.82) is 0 Å². The van der Waals surface area contributed by atoms with Gasteiger partial charge in [-0.15, -0.1) is 0 Å². The average molecular weight is 1300 g/mol. The van der Waals surface area contributed by atoms with Gasteiger partial charge < -0.3 is 28.5 Å². The van der Waals surface area contributed by atoms with Crippen LogP contribution in [0.15, 0.2) is 60.8 Å². The summed E-state index contributed by atoms with van der Waals surface area (Å²) in [6.07, 6.45) is 92.2. The minimum absolute atomic E-state index is 0.0207. The molecule has 0 radical (unpaired) electrons. The van der Waals surface area contributed by atoms with E-state index in [1.165, 1.54) is 289 Å². The van der Waals surface area contributed by atoms with Crippen LogP contribution in [0, 0.1) is 0 Å². The fraction of sp³-hybridized carbons (Fsp3) is 0.852. The zero-order valence-corrected chi connectivity index (χ0v) is 62.2. The first-order valence-corrected chi connectivity index (χ1v) is 41.1. The number of hydrogen-bond donors (Lipinski definition) is 1. The lowest BCUT2D eigenvalue weighted by atomic mass is 10.0. The highest BCUT2D eigenvalue weighted by molar-refractivity contribution is 7.45. The van der Waals surface area contributed by atoms with E-state index in [0.717, 1.165) is 70.6 Å². The second-order valence-electron chi connectivity index (χ2n) is 28.2. The summed E-state index contributed by atoms with van der Waals surface area (Å²) in [6.45, 7) is 6.86. The van der Waals surface area contributed by atoms with Gasteiger partial charge in [-0.2, -0.15) is 0 Å². The minimum atomic E-state index is -4.71. The molecular weight excluding hydrogens is 1140 g/mol. The maximum atomic E-state index is 13.7. The Bertz CT molecular complexity index is 1740. The van der Waals surface area contributed by atoms with Crippen molar-refractivity contribution in [2.75, 3.05) is 40.9 Å². The van der Waals surface area contributed by atoms with Gasteiger partial charge in [-0.25, -0.2) is 0 Å². The van der Waals surface area contributed by atoms with Crippen LogP contribution in [-0.2, 0) is 27.9 Å². The molecule has 1 N–H and O–H groups in total. The van der Waals surface area contributed by atoms with Crippen LogP contribution in [-0.4, -0.2) is 69.4 Å². The van der Waals surface area contributed by atoms with Gasteiger partial charge in [0.1, 0.15) is 19.3 Å². The standard InChI is InChI=1S/C81H153N2O7P/c1-7-10-13-16-19-22-25-28-30-32-34-36-38-40-41-43-44-46-48-50-52-55-58-61-64-67-70-73-80(84)82-78(77-89-91(86,87)88-76-75-83(4,5)6)79(72-69-66-63-60-57-54-27-24-21-18-15-12-9-3)90-81(85)74-71-68-65-62-59-56-53-51-49-47-45-42-39-37-35-33-31-29-26-23-20-17-14-11-8-2/h19-20,22-23,28-31,69,72,78-79H,7-18,21,24-27,32-68,70-71,73-77H2,1-6H3,(H-,82,84,86,87)/b22-19-,23-20-,30-28-,31-29-,72-69+. The van der Waals surface area contributed by atoms with Crippen LogP contribution in [0.4, 0.5) is 0 Å². The van der Waals surface area contributed by atoms with Gasteiger partial charge in [0, 0.05) is 12.8 Å². The van der Waals surface area contributed by atoms with Crippen LogP contribution >= 0.6 is 7.82 Å². The largest absolute Gasteiger partial charge is 0.756 e. The van der Waals surface area contributed by atoms with Gasteiger partial charge in [0.2, 0.25) is 5.91 Å². The molecule has 534 valence electrons. The summed E-state index contributed by atoms with van der Waals surface area (Å²) in [5.41, 5.74) is 0. The highest BCUT2D eigenvalue weighted by Gasteiger charge is 2.27. The molecule has 0 aromatic carbocycles. The summed E-state index contributed by atoms with van der Waals surface area (Å²) in [6, 6.07) is -0.889. The van der Waals surface area contributed by atoms with Crippen LogP contribution in [0.25, 0.3) is 0 Å². The summed E-state index contributed by atoms with van der Waals surface area (Å²) < 4.78 is 30.6. The summed E-state index contributed by atoms with van der Waals surface area (Å²) >= 11 is 0.